The number of hydrogen-bond donors (Lipinski definition) is 0. The molecule has 0 unspecified atom stereocenters. The van der Waals surface area contributed by atoms with E-state index in [1.165, 1.54) is 0 Å². The van der Waals surface area contributed by atoms with Crippen molar-refractivity contribution in [2.45, 2.75) is 13.8 Å². The van der Waals surface area contributed by atoms with Crippen LogP contribution >= 0.6 is 15.9 Å². The van der Waals surface area contributed by atoms with E-state index in [4.69, 9.17) is 0 Å². The molecule has 0 saturated heterocycles. The number of Topliss-reactive ketones (excluding diaryl/α,β-unsaturated/α-hetero) is 1. The van der Waals surface area contributed by atoms with Crippen LogP contribution in [0.2, 0.25) is 0 Å². The summed E-state index contributed by atoms with van der Waals surface area (Å²) in [6, 6.07) is 0. The van der Waals surface area contributed by atoms with Gasteiger partial charge in [-0.1, -0.05) is 13.8 Å². The molecular weight excluding hydrogens is 220 g/mol. The SMILES string of the molecule is CC(C)C(=O)c1c(Br)cnn1C. The first-order valence-electron chi connectivity index (χ1n) is 3.75. The summed E-state index contributed by atoms with van der Waals surface area (Å²) in [5, 5.41) is 3.97. The number of aromatic nitrogens is 2. The number of aryl methyl sites for hydroxylation is 1. The van der Waals surface area contributed by atoms with Crippen LogP contribution in [0.25, 0.3) is 0 Å². The number of carbonyl (C=O) groups excluding carboxylic acids is 1. The molecule has 0 amide bonds. The molecule has 0 atom stereocenters. The Morgan fingerprint density at radius 2 is 2.25 bits per heavy atom. The highest BCUT2D eigenvalue weighted by Crippen LogP contribution is 2.18. The van der Waals surface area contributed by atoms with Gasteiger partial charge in [-0.15, -0.1) is 0 Å². The van der Waals surface area contributed by atoms with Gasteiger partial charge in [-0.2, -0.15) is 5.10 Å². The van der Waals surface area contributed by atoms with E-state index in [2.05, 4.69) is 21.0 Å². The Balaban J connectivity index is 3.09. The average molecular weight is 231 g/mol. The summed E-state index contributed by atoms with van der Waals surface area (Å²) in [5.74, 6) is 0.124. The quantitative estimate of drug-likeness (QED) is 0.730. The molecule has 1 aromatic heterocycles. The molecule has 0 N–H and O–H groups in total. The lowest BCUT2D eigenvalue weighted by molar-refractivity contribution is 0.0929. The van der Waals surface area contributed by atoms with Crippen LogP contribution in [0.3, 0.4) is 0 Å². The lowest BCUT2D eigenvalue weighted by Crippen LogP contribution is -2.13. The number of rotatable bonds is 2. The zero-order valence-corrected chi connectivity index (χ0v) is 8.92. The summed E-state index contributed by atoms with van der Waals surface area (Å²) in [6.07, 6.45) is 1.63. The average Bonchev–Trinajstić information content (AvgIpc) is 2.30. The van der Waals surface area contributed by atoms with E-state index in [1.807, 2.05) is 13.8 Å². The zero-order chi connectivity index (χ0) is 9.30. The van der Waals surface area contributed by atoms with Gasteiger partial charge < -0.3 is 0 Å². The number of hydrogen-bond acceptors (Lipinski definition) is 2. The lowest BCUT2D eigenvalue weighted by atomic mass is 10.1. The predicted octanol–water partition coefficient (Wildman–Crippen LogP) is 2.02. The molecule has 3 nitrogen and oxygen atoms in total. The van der Waals surface area contributed by atoms with Gasteiger partial charge in [-0.25, -0.2) is 0 Å². The van der Waals surface area contributed by atoms with Gasteiger partial charge in [-0.3, -0.25) is 9.48 Å². The molecule has 1 heterocycles. The van der Waals surface area contributed by atoms with Gasteiger partial charge in [0.1, 0.15) is 5.69 Å². The van der Waals surface area contributed by atoms with Crippen LogP contribution in [0.15, 0.2) is 10.7 Å². The van der Waals surface area contributed by atoms with Crippen molar-refractivity contribution < 1.29 is 4.79 Å². The second-order valence-corrected chi connectivity index (χ2v) is 3.84. The summed E-state index contributed by atoms with van der Waals surface area (Å²) in [5.41, 5.74) is 0.644. The van der Waals surface area contributed by atoms with Gasteiger partial charge in [0.05, 0.1) is 10.7 Å². The molecule has 0 aliphatic heterocycles. The molecule has 0 saturated carbocycles. The summed E-state index contributed by atoms with van der Waals surface area (Å²) in [6.45, 7) is 3.75. The monoisotopic (exact) mass is 230 g/mol. The topological polar surface area (TPSA) is 34.9 Å². The van der Waals surface area contributed by atoms with Gasteiger partial charge >= 0.3 is 0 Å². The number of carbonyl (C=O) groups is 1. The fourth-order valence-electron chi connectivity index (χ4n) is 0.961. The van der Waals surface area contributed by atoms with Crippen LogP contribution < -0.4 is 0 Å². The second kappa shape index (κ2) is 3.39. The van der Waals surface area contributed by atoms with Crippen molar-refractivity contribution in [3.63, 3.8) is 0 Å². The maximum absolute atomic E-state index is 11.6. The molecule has 0 aliphatic rings. The van der Waals surface area contributed by atoms with Gasteiger partial charge in [0, 0.05) is 13.0 Å². The summed E-state index contributed by atoms with van der Waals surface area (Å²) in [4.78, 5) is 11.6. The summed E-state index contributed by atoms with van der Waals surface area (Å²) < 4.78 is 2.36. The lowest BCUT2D eigenvalue weighted by Gasteiger charge is -2.04. The maximum Gasteiger partial charge on any atom is 0.184 e. The Kier molecular flexibility index (Phi) is 2.67. The third-order valence-corrected chi connectivity index (χ3v) is 2.23. The molecule has 12 heavy (non-hydrogen) atoms. The molecule has 0 aliphatic carbocycles. The normalized spacial score (nSPS) is 10.8. The van der Waals surface area contributed by atoms with Crippen LogP contribution in [0.4, 0.5) is 0 Å². The van der Waals surface area contributed by atoms with E-state index < -0.39 is 0 Å². The van der Waals surface area contributed by atoms with E-state index in [0.29, 0.717) is 5.69 Å². The van der Waals surface area contributed by atoms with Crippen LogP contribution in [0.5, 0.6) is 0 Å². The van der Waals surface area contributed by atoms with Crippen LogP contribution in [-0.2, 0) is 7.05 Å². The molecule has 66 valence electrons. The Hall–Kier alpha value is -0.640. The summed E-state index contributed by atoms with van der Waals surface area (Å²) >= 11 is 3.28. The van der Waals surface area contributed by atoms with E-state index in [1.54, 1.807) is 17.9 Å². The third-order valence-electron chi connectivity index (χ3n) is 1.65. The van der Waals surface area contributed by atoms with E-state index in [0.717, 1.165) is 4.47 Å². The Labute approximate surface area is 79.9 Å². The molecule has 0 radical (unpaired) electrons. The number of halogens is 1. The first kappa shape index (κ1) is 9.45. The molecule has 1 rings (SSSR count). The maximum atomic E-state index is 11.6. The van der Waals surface area contributed by atoms with Crippen LogP contribution in [0.1, 0.15) is 24.3 Å². The second-order valence-electron chi connectivity index (χ2n) is 2.98. The zero-order valence-electron chi connectivity index (χ0n) is 7.34. The molecular formula is C8H11BrN2O. The van der Waals surface area contributed by atoms with Crippen molar-refractivity contribution in [3.8, 4) is 0 Å². The van der Waals surface area contributed by atoms with Crippen molar-refractivity contribution in [2.75, 3.05) is 0 Å². The first-order valence-corrected chi connectivity index (χ1v) is 4.55. The van der Waals surface area contributed by atoms with Crippen LogP contribution in [-0.4, -0.2) is 15.6 Å². The van der Waals surface area contributed by atoms with Gasteiger partial charge in [0.25, 0.3) is 0 Å². The van der Waals surface area contributed by atoms with E-state index in [-0.39, 0.29) is 11.7 Å². The van der Waals surface area contributed by atoms with E-state index >= 15 is 0 Å². The van der Waals surface area contributed by atoms with Crippen molar-refractivity contribution >= 4 is 21.7 Å². The summed E-state index contributed by atoms with van der Waals surface area (Å²) in [7, 11) is 1.76. The molecule has 0 spiro atoms. The van der Waals surface area contributed by atoms with Gasteiger partial charge in [0.15, 0.2) is 5.78 Å². The Bertz CT molecular complexity index is 285. The largest absolute Gasteiger partial charge is 0.292 e. The third kappa shape index (κ3) is 1.58. The minimum Gasteiger partial charge on any atom is -0.292 e. The van der Waals surface area contributed by atoms with Crippen molar-refractivity contribution in [2.24, 2.45) is 13.0 Å². The smallest absolute Gasteiger partial charge is 0.184 e. The van der Waals surface area contributed by atoms with Crippen molar-refractivity contribution in [3.05, 3.63) is 16.4 Å². The number of ketones is 1. The molecule has 0 bridgehead atoms. The Morgan fingerprint density at radius 1 is 1.67 bits per heavy atom. The fourth-order valence-corrected chi connectivity index (χ4v) is 1.50. The molecule has 4 heteroatoms. The van der Waals surface area contributed by atoms with Crippen LogP contribution in [0, 0.1) is 5.92 Å². The van der Waals surface area contributed by atoms with E-state index in [9.17, 15) is 4.79 Å². The minimum atomic E-state index is 0.0108. The minimum absolute atomic E-state index is 0.0108. The highest BCUT2D eigenvalue weighted by Gasteiger charge is 2.17. The van der Waals surface area contributed by atoms with Crippen molar-refractivity contribution in [1.82, 2.24) is 9.78 Å². The van der Waals surface area contributed by atoms with Crippen molar-refractivity contribution in [1.29, 1.82) is 0 Å². The highest BCUT2D eigenvalue weighted by molar-refractivity contribution is 9.10. The van der Waals surface area contributed by atoms with Gasteiger partial charge in [-0.05, 0) is 15.9 Å². The standard InChI is InChI=1S/C8H11BrN2O/c1-5(2)8(12)7-6(9)4-10-11(7)3/h4-5H,1-3H3. The van der Waals surface area contributed by atoms with Gasteiger partial charge in [0.2, 0.25) is 0 Å². The number of nitrogens with zero attached hydrogens (tertiary/aromatic N) is 2. The first-order chi connectivity index (χ1) is 5.54. The molecule has 1 aromatic rings. The highest BCUT2D eigenvalue weighted by atomic mass is 79.9. The Morgan fingerprint density at radius 3 is 2.58 bits per heavy atom. The molecule has 0 fully saturated rings. The predicted molar refractivity (Wildman–Crippen MR) is 50.1 cm³/mol. The molecule has 0 aromatic carbocycles. The fraction of sp³-hybridized carbons (Fsp3) is 0.500.